The molecular weight excluding hydrogens is 318 g/mol. The van der Waals surface area contributed by atoms with Crippen molar-refractivity contribution >= 4 is 11.6 Å². The minimum absolute atomic E-state index is 0.00258. The Hall–Kier alpha value is -1.79. The van der Waals surface area contributed by atoms with E-state index < -0.39 is 0 Å². The fourth-order valence-electron chi connectivity index (χ4n) is 2.62. The second-order valence-corrected chi connectivity index (χ2v) is 7.35. The number of methoxy groups -OCH3 is 1. The van der Waals surface area contributed by atoms with Crippen LogP contribution in [0.2, 0.25) is 0 Å². The van der Waals surface area contributed by atoms with E-state index >= 15 is 0 Å². The molecule has 1 aliphatic rings. The zero-order valence-corrected chi connectivity index (χ0v) is 15.8. The summed E-state index contributed by atoms with van der Waals surface area (Å²) in [4.78, 5) is 4.61. The normalized spacial score (nSPS) is 18.4. The quantitative estimate of drug-likeness (QED) is 0.319. The van der Waals surface area contributed by atoms with Gasteiger partial charge < -0.3 is 25.2 Å². The number of aromatic hydroxyl groups is 1. The molecule has 6 heteroatoms. The summed E-state index contributed by atoms with van der Waals surface area (Å²) in [7, 11) is 1.66. The Morgan fingerprint density at radius 2 is 2.20 bits per heavy atom. The SMILES string of the molecule is COCCNC(=NCC1CCCO1)Nc1cc(C(C)(C)C)ccc1O. The van der Waals surface area contributed by atoms with Gasteiger partial charge >= 0.3 is 0 Å². The van der Waals surface area contributed by atoms with Gasteiger partial charge in [0.05, 0.1) is 24.9 Å². The molecule has 1 fully saturated rings. The lowest BCUT2D eigenvalue weighted by molar-refractivity contribution is 0.118. The number of guanidine groups is 1. The maximum atomic E-state index is 10.2. The van der Waals surface area contributed by atoms with Gasteiger partial charge in [0, 0.05) is 20.3 Å². The van der Waals surface area contributed by atoms with Crippen molar-refractivity contribution in [2.45, 2.75) is 45.1 Å². The van der Waals surface area contributed by atoms with Gasteiger partial charge in [-0.15, -0.1) is 0 Å². The van der Waals surface area contributed by atoms with E-state index in [1.165, 1.54) is 0 Å². The summed E-state index contributed by atoms with van der Waals surface area (Å²) in [6.07, 6.45) is 2.31. The largest absolute Gasteiger partial charge is 0.506 e. The number of rotatable bonds is 6. The van der Waals surface area contributed by atoms with Crippen LogP contribution in [0.4, 0.5) is 5.69 Å². The maximum absolute atomic E-state index is 10.2. The molecule has 1 heterocycles. The van der Waals surface area contributed by atoms with Gasteiger partial charge in [-0.05, 0) is 36.0 Å². The zero-order valence-electron chi connectivity index (χ0n) is 15.8. The van der Waals surface area contributed by atoms with Crippen LogP contribution in [0.3, 0.4) is 0 Å². The maximum Gasteiger partial charge on any atom is 0.196 e. The van der Waals surface area contributed by atoms with Crippen molar-refractivity contribution in [3.05, 3.63) is 23.8 Å². The molecule has 1 aliphatic heterocycles. The average molecular weight is 349 g/mol. The Labute approximate surface area is 150 Å². The minimum atomic E-state index is 0.00258. The average Bonchev–Trinajstić information content (AvgIpc) is 3.07. The van der Waals surface area contributed by atoms with Gasteiger partial charge in [0.25, 0.3) is 0 Å². The minimum Gasteiger partial charge on any atom is -0.506 e. The van der Waals surface area contributed by atoms with Crippen LogP contribution in [-0.2, 0) is 14.9 Å². The topological polar surface area (TPSA) is 75.1 Å². The number of nitrogens with one attached hydrogen (secondary N) is 2. The zero-order chi connectivity index (χ0) is 18.3. The number of aliphatic imine (C=N–C) groups is 1. The number of benzene rings is 1. The summed E-state index contributed by atoms with van der Waals surface area (Å²) in [5.41, 5.74) is 1.79. The molecule has 0 amide bonds. The predicted octanol–water partition coefficient (Wildman–Crippen LogP) is 2.87. The van der Waals surface area contributed by atoms with Crippen LogP contribution in [0.15, 0.2) is 23.2 Å². The second-order valence-electron chi connectivity index (χ2n) is 7.35. The molecule has 1 saturated heterocycles. The molecule has 6 nitrogen and oxygen atoms in total. The van der Waals surface area contributed by atoms with E-state index in [-0.39, 0.29) is 17.3 Å². The lowest BCUT2D eigenvalue weighted by atomic mass is 9.87. The molecule has 0 aromatic heterocycles. The van der Waals surface area contributed by atoms with Crippen LogP contribution >= 0.6 is 0 Å². The van der Waals surface area contributed by atoms with Crippen molar-refractivity contribution in [3.8, 4) is 5.75 Å². The lowest BCUT2D eigenvalue weighted by Crippen LogP contribution is -2.34. The number of ether oxygens (including phenoxy) is 2. The van der Waals surface area contributed by atoms with Gasteiger partial charge in [-0.3, -0.25) is 4.99 Å². The fraction of sp³-hybridized carbons (Fsp3) is 0.632. The Balaban J connectivity index is 2.12. The molecule has 0 bridgehead atoms. The molecule has 25 heavy (non-hydrogen) atoms. The smallest absolute Gasteiger partial charge is 0.196 e. The third-order valence-corrected chi connectivity index (χ3v) is 4.19. The van der Waals surface area contributed by atoms with Crippen molar-refractivity contribution in [3.63, 3.8) is 0 Å². The lowest BCUT2D eigenvalue weighted by Gasteiger charge is -2.21. The molecule has 0 aliphatic carbocycles. The van der Waals surface area contributed by atoms with Crippen molar-refractivity contribution in [2.24, 2.45) is 4.99 Å². The van der Waals surface area contributed by atoms with Crippen molar-refractivity contribution in [1.82, 2.24) is 5.32 Å². The highest BCUT2D eigenvalue weighted by Gasteiger charge is 2.17. The molecular formula is C19H31N3O3. The molecule has 0 spiro atoms. The predicted molar refractivity (Wildman–Crippen MR) is 102 cm³/mol. The van der Waals surface area contributed by atoms with E-state index in [9.17, 15) is 5.11 Å². The van der Waals surface area contributed by atoms with Crippen LogP contribution < -0.4 is 10.6 Å². The molecule has 1 aromatic carbocycles. The standard InChI is InChI=1S/C19H31N3O3/c1-19(2,3)14-7-8-17(23)16(12-14)22-18(20-9-11-24-4)21-13-15-6-5-10-25-15/h7-8,12,15,23H,5-6,9-11,13H2,1-4H3,(H2,20,21,22). The van der Waals surface area contributed by atoms with Gasteiger partial charge in [-0.2, -0.15) is 0 Å². The van der Waals surface area contributed by atoms with Crippen LogP contribution in [-0.4, -0.2) is 50.6 Å². The highest BCUT2D eigenvalue weighted by atomic mass is 16.5. The molecule has 1 aromatic rings. The Bertz CT molecular complexity index is 576. The molecule has 1 unspecified atom stereocenters. The van der Waals surface area contributed by atoms with Gasteiger partial charge in [0.1, 0.15) is 5.75 Å². The fourth-order valence-corrected chi connectivity index (χ4v) is 2.62. The van der Waals surface area contributed by atoms with Crippen LogP contribution in [0.5, 0.6) is 5.75 Å². The molecule has 140 valence electrons. The van der Waals surface area contributed by atoms with Gasteiger partial charge in [0.15, 0.2) is 5.96 Å². The summed E-state index contributed by atoms with van der Waals surface area (Å²) in [5, 5.41) is 16.7. The van der Waals surface area contributed by atoms with Crippen molar-refractivity contribution in [1.29, 1.82) is 0 Å². The van der Waals surface area contributed by atoms with Crippen molar-refractivity contribution in [2.75, 3.05) is 38.7 Å². The monoisotopic (exact) mass is 349 g/mol. The summed E-state index contributed by atoms with van der Waals surface area (Å²) < 4.78 is 10.7. The molecule has 0 radical (unpaired) electrons. The second kappa shape index (κ2) is 9.06. The highest BCUT2D eigenvalue weighted by molar-refractivity contribution is 5.95. The first-order chi connectivity index (χ1) is 11.9. The summed E-state index contributed by atoms with van der Waals surface area (Å²) >= 11 is 0. The number of hydrogen-bond acceptors (Lipinski definition) is 4. The number of anilines is 1. The molecule has 1 atom stereocenters. The first-order valence-corrected chi connectivity index (χ1v) is 8.89. The van der Waals surface area contributed by atoms with E-state index in [4.69, 9.17) is 9.47 Å². The van der Waals surface area contributed by atoms with Crippen LogP contribution in [0, 0.1) is 0 Å². The number of phenolic OH excluding ortho intramolecular Hbond substituents is 1. The summed E-state index contributed by atoms with van der Waals surface area (Å²) in [6, 6.07) is 5.63. The number of nitrogens with zero attached hydrogens (tertiary/aromatic N) is 1. The highest BCUT2D eigenvalue weighted by Crippen LogP contribution is 2.30. The van der Waals surface area contributed by atoms with Gasteiger partial charge in [0.2, 0.25) is 0 Å². The van der Waals surface area contributed by atoms with E-state index in [1.54, 1.807) is 13.2 Å². The Kier molecular flexibility index (Phi) is 7.08. The summed E-state index contributed by atoms with van der Waals surface area (Å²) in [6.45, 7) is 9.06. The third-order valence-electron chi connectivity index (χ3n) is 4.19. The summed E-state index contributed by atoms with van der Waals surface area (Å²) in [5.74, 6) is 0.820. The van der Waals surface area contributed by atoms with E-state index in [2.05, 4.69) is 36.4 Å². The van der Waals surface area contributed by atoms with E-state index in [0.717, 1.165) is 25.0 Å². The first kappa shape index (κ1) is 19.5. The van der Waals surface area contributed by atoms with Crippen LogP contribution in [0.25, 0.3) is 0 Å². The van der Waals surface area contributed by atoms with E-state index in [0.29, 0.717) is 31.3 Å². The van der Waals surface area contributed by atoms with Crippen molar-refractivity contribution < 1.29 is 14.6 Å². The third kappa shape index (κ3) is 6.21. The van der Waals surface area contributed by atoms with Crippen LogP contribution in [0.1, 0.15) is 39.2 Å². The number of phenols is 1. The molecule has 2 rings (SSSR count). The molecule has 3 N–H and O–H groups in total. The van der Waals surface area contributed by atoms with Gasteiger partial charge in [-0.1, -0.05) is 26.8 Å². The Morgan fingerprint density at radius 1 is 1.40 bits per heavy atom. The molecule has 0 saturated carbocycles. The van der Waals surface area contributed by atoms with E-state index in [1.807, 2.05) is 12.1 Å². The number of hydrogen-bond donors (Lipinski definition) is 3. The first-order valence-electron chi connectivity index (χ1n) is 8.89. The Morgan fingerprint density at radius 3 is 2.84 bits per heavy atom. The van der Waals surface area contributed by atoms with Gasteiger partial charge in [-0.25, -0.2) is 0 Å².